The van der Waals surface area contributed by atoms with Crippen molar-refractivity contribution in [3.8, 4) is 0 Å². The topological polar surface area (TPSA) is 110 Å². The summed E-state index contributed by atoms with van der Waals surface area (Å²) in [5.74, 6) is 0.270. The molecule has 1 saturated carbocycles. The minimum absolute atomic E-state index is 0.00749. The SMILES string of the molecule is O=C(CCNc1ncc([N+](=O)[O-])cn1)NC1CC1. The summed E-state index contributed by atoms with van der Waals surface area (Å²) in [4.78, 5) is 28.7. The first-order valence-electron chi connectivity index (χ1n) is 5.65. The Morgan fingerprint density at radius 3 is 2.67 bits per heavy atom. The molecule has 8 heteroatoms. The number of nitro groups is 1. The summed E-state index contributed by atoms with van der Waals surface area (Å²) < 4.78 is 0. The minimum atomic E-state index is -0.563. The second-order valence-electron chi connectivity index (χ2n) is 4.04. The molecule has 1 amide bonds. The molecular formula is C10H13N5O3. The monoisotopic (exact) mass is 251 g/mol. The third kappa shape index (κ3) is 3.65. The molecule has 96 valence electrons. The zero-order valence-electron chi connectivity index (χ0n) is 9.63. The largest absolute Gasteiger partial charge is 0.354 e. The molecule has 18 heavy (non-hydrogen) atoms. The van der Waals surface area contributed by atoms with Crippen molar-refractivity contribution in [2.75, 3.05) is 11.9 Å². The molecule has 0 saturated heterocycles. The summed E-state index contributed by atoms with van der Waals surface area (Å²) in [5, 5.41) is 16.1. The first kappa shape index (κ1) is 12.2. The quantitative estimate of drug-likeness (QED) is 0.561. The highest BCUT2D eigenvalue weighted by Crippen LogP contribution is 2.18. The number of aromatic nitrogens is 2. The van der Waals surface area contributed by atoms with Crippen LogP contribution in [0.2, 0.25) is 0 Å². The van der Waals surface area contributed by atoms with Gasteiger partial charge in [0.15, 0.2) is 0 Å². The van der Waals surface area contributed by atoms with Crippen molar-refractivity contribution < 1.29 is 9.72 Å². The van der Waals surface area contributed by atoms with Gasteiger partial charge in [-0.05, 0) is 12.8 Å². The maximum absolute atomic E-state index is 11.3. The van der Waals surface area contributed by atoms with Crippen molar-refractivity contribution in [1.82, 2.24) is 15.3 Å². The van der Waals surface area contributed by atoms with Gasteiger partial charge in [-0.3, -0.25) is 14.9 Å². The van der Waals surface area contributed by atoms with Gasteiger partial charge in [-0.15, -0.1) is 0 Å². The summed E-state index contributed by atoms with van der Waals surface area (Å²) >= 11 is 0. The molecule has 0 spiro atoms. The van der Waals surface area contributed by atoms with E-state index < -0.39 is 4.92 Å². The maximum atomic E-state index is 11.3. The van der Waals surface area contributed by atoms with Crippen LogP contribution in [0.15, 0.2) is 12.4 Å². The molecule has 0 unspecified atom stereocenters. The van der Waals surface area contributed by atoms with Crippen molar-refractivity contribution in [2.45, 2.75) is 25.3 Å². The molecule has 2 rings (SSSR count). The Hall–Kier alpha value is -2.25. The zero-order valence-corrected chi connectivity index (χ0v) is 9.63. The van der Waals surface area contributed by atoms with Gasteiger partial charge in [0, 0.05) is 19.0 Å². The predicted molar refractivity (Wildman–Crippen MR) is 63.0 cm³/mol. The van der Waals surface area contributed by atoms with E-state index >= 15 is 0 Å². The normalized spacial score (nSPS) is 14.0. The van der Waals surface area contributed by atoms with Crippen molar-refractivity contribution in [1.29, 1.82) is 0 Å². The molecule has 2 N–H and O–H groups in total. The van der Waals surface area contributed by atoms with Gasteiger partial charge in [-0.25, -0.2) is 9.97 Å². The van der Waals surface area contributed by atoms with Crippen LogP contribution < -0.4 is 10.6 Å². The fourth-order valence-electron chi connectivity index (χ4n) is 1.32. The standard InChI is InChI=1S/C10H13N5O3/c16-9(14-7-1-2-7)3-4-11-10-12-5-8(6-13-10)15(17)18/h5-7H,1-4H2,(H,14,16)(H,11,12,13). The number of amides is 1. The third-order valence-corrected chi connectivity index (χ3v) is 2.43. The number of carbonyl (C=O) groups excluding carboxylic acids is 1. The Kier molecular flexibility index (Phi) is 3.66. The van der Waals surface area contributed by atoms with Gasteiger partial charge in [0.25, 0.3) is 0 Å². The van der Waals surface area contributed by atoms with Crippen LogP contribution in [0.3, 0.4) is 0 Å². The summed E-state index contributed by atoms with van der Waals surface area (Å²) in [6.07, 6.45) is 4.70. The maximum Gasteiger partial charge on any atom is 0.305 e. The average molecular weight is 251 g/mol. The highest BCUT2D eigenvalue weighted by molar-refractivity contribution is 5.77. The van der Waals surface area contributed by atoms with Crippen molar-refractivity contribution in [2.24, 2.45) is 0 Å². The van der Waals surface area contributed by atoms with Gasteiger partial charge in [-0.2, -0.15) is 0 Å². The smallest absolute Gasteiger partial charge is 0.305 e. The predicted octanol–water partition coefficient (Wildman–Crippen LogP) is 0.465. The van der Waals surface area contributed by atoms with E-state index in [0.717, 1.165) is 25.2 Å². The van der Waals surface area contributed by atoms with Crippen LogP contribution in [0.4, 0.5) is 11.6 Å². The minimum Gasteiger partial charge on any atom is -0.354 e. The van der Waals surface area contributed by atoms with Gasteiger partial charge in [0.2, 0.25) is 11.9 Å². The van der Waals surface area contributed by atoms with Crippen LogP contribution in [0.5, 0.6) is 0 Å². The Labute approximate surface area is 103 Å². The molecule has 0 radical (unpaired) electrons. The number of carbonyl (C=O) groups is 1. The average Bonchev–Trinajstić information content (AvgIpc) is 3.13. The van der Waals surface area contributed by atoms with Gasteiger partial charge >= 0.3 is 5.69 Å². The molecule has 1 aliphatic rings. The number of anilines is 1. The number of nitrogens with zero attached hydrogens (tertiary/aromatic N) is 3. The molecular weight excluding hydrogens is 238 g/mol. The first-order chi connectivity index (χ1) is 8.65. The van der Waals surface area contributed by atoms with Gasteiger partial charge in [0.05, 0.1) is 4.92 Å². The van der Waals surface area contributed by atoms with Crippen LogP contribution in [0, 0.1) is 10.1 Å². The van der Waals surface area contributed by atoms with Crippen molar-refractivity contribution in [3.63, 3.8) is 0 Å². The lowest BCUT2D eigenvalue weighted by molar-refractivity contribution is -0.385. The van der Waals surface area contributed by atoms with Crippen molar-refractivity contribution in [3.05, 3.63) is 22.5 Å². The molecule has 1 aromatic heterocycles. The number of rotatable bonds is 6. The molecule has 0 bridgehead atoms. The summed E-state index contributed by atoms with van der Waals surface area (Å²) in [7, 11) is 0. The first-order valence-corrected chi connectivity index (χ1v) is 5.65. The molecule has 1 fully saturated rings. The number of hydrogen-bond acceptors (Lipinski definition) is 6. The second-order valence-corrected chi connectivity index (χ2v) is 4.04. The molecule has 0 aromatic carbocycles. The third-order valence-electron chi connectivity index (χ3n) is 2.43. The second kappa shape index (κ2) is 5.39. The van der Waals surface area contributed by atoms with E-state index in [0.29, 0.717) is 19.0 Å². The summed E-state index contributed by atoms with van der Waals surface area (Å²) in [5.41, 5.74) is -0.160. The lowest BCUT2D eigenvalue weighted by atomic mass is 10.4. The summed E-state index contributed by atoms with van der Waals surface area (Å²) in [6, 6.07) is 0.355. The Morgan fingerprint density at radius 2 is 2.11 bits per heavy atom. The van der Waals surface area contributed by atoms with Crippen LogP contribution in [-0.4, -0.2) is 33.4 Å². The lowest BCUT2D eigenvalue weighted by Crippen LogP contribution is -2.27. The Bertz CT molecular complexity index is 443. The molecule has 0 aliphatic heterocycles. The molecule has 1 aromatic rings. The lowest BCUT2D eigenvalue weighted by Gasteiger charge is -2.04. The van der Waals surface area contributed by atoms with Crippen LogP contribution in [0.1, 0.15) is 19.3 Å². The Balaban J connectivity index is 1.72. The molecule has 1 heterocycles. The Morgan fingerprint density at radius 1 is 1.44 bits per heavy atom. The van der Waals surface area contributed by atoms with E-state index in [1.807, 2.05) is 0 Å². The molecule has 8 nitrogen and oxygen atoms in total. The van der Waals surface area contributed by atoms with Gasteiger partial charge in [-0.1, -0.05) is 0 Å². The molecule has 1 aliphatic carbocycles. The van der Waals surface area contributed by atoms with Crippen LogP contribution >= 0.6 is 0 Å². The fourth-order valence-corrected chi connectivity index (χ4v) is 1.32. The van der Waals surface area contributed by atoms with E-state index in [-0.39, 0.29) is 17.5 Å². The highest BCUT2D eigenvalue weighted by atomic mass is 16.6. The zero-order chi connectivity index (χ0) is 13.0. The fraction of sp³-hybridized carbons (Fsp3) is 0.500. The van der Waals surface area contributed by atoms with E-state index in [9.17, 15) is 14.9 Å². The van der Waals surface area contributed by atoms with Crippen LogP contribution in [0.25, 0.3) is 0 Å². The summed E-state index contributed by atoms with van der Waals surface area (Å²) in [6.45, 7) is 0.399. The van der Waals surface area contributed by atoms with Gasteiger partial charge < -0.3 is 10.6 Å². The molecule has 0 atom stereocenters. The van der Waals surface area contributed by atoms with E-state index in [4.69, 9.17) is 0 Å². The van der Waals surface area contributed by atoms with E-state index in [1.165, 1.54) is 0 Å². The highest BCUT2D eigenvalue weighted by Gasteiger charge is 2.22. The number of hydrogen-bond donors (Lipinski definition) is 2. The van der Waals surface area contributed by atoms with E-state index in [1.54, 1.807) is 0 Å². The van der Waals surface area contributed by atoms with E-state index in [2.05, 4.69) is 20.6 Å². The van der Waals surface area contributed by atoms with Crippen molar-refractivity contribution >= 4 is 17.5 Å². The van der Waals surface area contributed by atoms with Crippen LogP contribution in [-0.2, 0) is 4.79 Å². The van der Waals surface area contributed by atoms with Gasteiger partial charge in [0.1, 0.15) is 12.4 Å². The number of nitrogens with one attached hydrogen (secondary N) is 2.